The maximum absolute atomic E-state index is 12.6. The second kappa shape index (κ2) is 6.89. The molecule has 2 saturated heterocycles. The fourth-order valence-electron chi connectivity index (χ4n) is 2.87. The third-order valence-electron chi connectivity index (χ3n) is 4.17. The molecule has 0 bridgehead atoms. The van der Waals surface area contributed by atoms with Gasteiger partial charge in [-0.1, -0.05) is 0 Å². The number of carbonyl (C=O) groups is 3. The van der Waals surface area contributed by atoms with E-state index in [2.05, 4.69) is 0 Å². The Hall–Kier alpha value is -1.63. The number of likely N-dealkylation sites (tertiary alicyclic amines) is 1. The number of esters is 1. The molecule has 7 nitrogen and oxygen atoms in total. The summed E-state index contributed by atoms with van der Waals surface area (Å²) in [6, 6.07) is -0.651. The van der Waals surface area contributed by atoms with Crippen LogP contribution in [0.5, 0.6) is 0 Å². The Morgan fingerprint density at radius 3 is 2.38 bits per heavy atom. The van der Waals surface area contributed by atoms with Crippen molar-refractivity contribution >= 4 is 17.8 Å². The van der Waals surface area contributed by atoms with Gasteiger partial charge in [-0.2, -0.15) is 0 Å². The molecule has 118 valence electrons. The molecule has 2 aliphatic heterocycles. The topological polar surface area (TPSA) is 76.2 Å². The zero-order valence-electron chi connectivity index (χ0n) is 12.5. The van der Waals surface area contributed by atoms with Gasteiger partial charge in [0.05, 0.1) is 20.3 Å². The predicted molar refractivity (Wildman–Crippen MR) is 73.3 cm³/mol. The van der Waals surface area contributed by atoms with Gasteiger partial charge in [0.2, 0.25) is 11.8 Å². The van der Waals surface area contributed by atoms with Crippen LogP contribution in [0.15, 0.2) is 0 Å². The normalized spacial score (nSPS) is 23.8. The van der Waals surface area contributed by atoms with Crippen molar-refractivity contribution in [3.8, 4) is 0 Å². The Balaban J connectivity index is 1.98. The van der Waals surface area contributed by atoms with Crippen molar-refractivity contribution < 1.29 is 23.9 Å². The molecule has 0 aliphatic carbocycles. The monoisotopic (exact) mass is 298 g/mol. The van der Waals surface area contributed by atoms with E-state index in [-0.39, 0.29) is 24.3 Å². The Kier molecular flexibility index (Phi) is 5.17. The lowest BCUT2D eigenvalue weighted by molar-refractivity contribution is -0.163. The first-order valence-electron chi connectivity index (χ1n) is 7.26. The van der Waals surface area contributed by atoms with Gasteiger partial charge in [-0.3, -0.25) is 9.59 Å². The van der Waals surface area contributed by atoms with Gasteiger partial charge in [0, 0.05) is 32.5 Å². The fourth-order valence-corrected chi connectivity index (χ4v) is 2.87. The second-order valence-corrected chi connectivity index (χ2v) is 5.43. The van der Waals surface area contributed by atoms with Gasteiger partial charge in [-0.05, 0) is 12.8 Å². The first kappa shape index (κ1) is 15.8. The van der Waals surface area contributed by atoms with Gasteiger partial charge in [0.1, 0.15) is 0 Å². The number of amides is 2. The van der Waals surface area contributed by atoms with Gasteiger partial charge >= 0.3 is 5.97 Å². The van der Waals surface area contributed by atoms with Crippen molar-refractivity contribution in [1.29, 1.82) is 0 Å². The summed E-state index contributed by atoms with van der Waals surface area (Å²) in [5, 5.41) is 0. The van der Waals surface area contributed by atoms with Crippen LogP contribution >= 0.6 is 0 Å². The highest BCUT2D eigenvalue weighted by atomic mass is 16.5. The maximum Gasteiger partial charge on any atom is 0.331 e. The van der Waals surface area contributed by atoms with Crippen molar-refractivity contribution in [3.63, 3.8) is 0 Å². The van der Waals surface area contributed by atoms with E-state index in [9.17, 15) is 14.4 Å². The smallest absolute Gasteiger partial charge is 0.331 e. The summed E-state index contributed by atoms with van der Waals surface area (Å²) < 4.78 is 10.0. The van der Waals surface area contributed by atoms with Gasteiger partial charge in [-0.15, -0.1) is 0 Å². The second-order valence-electron chi connectivity index (χ2n) is 5.43. The van der Waals surface area contributed by atoms with E-state index in [0.29, 0.717) is 39.1 Å². The number of nitrogens with zero attached hydrogens (tertiary/aromatic N) is 2. The summed E-state index contributed by atoms with van der Waals surface area (Å²) in [5.74, 6) is -0.563. The van der Waals surface area contributed by atoms with Gasteiger partial charge in [0.25, 0.3) is 0 Å². The third kappa shape index (κ3) is 3.53. The average molecular weight is 298 g/mol. The molecule has 0 aromatic heterocycles. The Morgan fingerprint density at radius 1 is 1.14 bits per heavy atom. The molecule has 2 fully saturated rings. The number of morpholine rings is 1. The molecule has 1 unspecified atom stereocenters. The largest absolute Gasteiger partial charge is 0.467 e. The Bertz CT molecular complexity index is 418. The van der Waals surface area contributed by atoms with E-state index in [1.165, 1.54) is 14.0 Å². The van der Waals surface area contributed by atoms with Crippen LogP contribution in [-0.2, 0) is 23.9 Å². The molecular weight excluding hydrogens is 276 g/mol. The lowest BCUT2D eigenvalue weighted by atomic mass is 9.94. The summed E-state index contributed by atoms with van der Waals surface area (Å²) in [6.45, 7) is 3.76. The highest BCUT2D eigenvalue weighted by molar-refractivity contribution is 5.86. The average Bonchev–Trinajstić information content (AvgIpc) is 2.53. The number of hydrogen-bond acceptors (Lipinski definition) is 5. The number of carbonyl (C=O) groups excluding carboxylic acids is 3. The molecule has 0 spiro atoms. The van der Waals surface area contributed by atoms with Crippen LogP contribution in [-0.4, -0.2) is 73.6 Å². The number of hydrogen-bond donors (Lipinski definition) is 0. The Labute approximate surface area is 124 Å². The van der Waals surface area contributed by atoms with E-state index in [1.807, 2.05) is 0 Å². The molecule has 0 saturated carbocycles. The number of piperidine rings is 1. The molecule has 0 aromatic rings. The summed E-state index contributed by atoms with van der Waals surface area (Å²) in [4.78, 5) is 39.0. The summed E-state index contributed by atoms with van der Waals surface area (Å²) >= 11 is 0. The minimum atomic E-state index is -0.651. The highest BCUT2D eigenvalue weighted by Crippen LogP contribution is 2.22. The van der Waals surface area contributed by atoms with Crippen molar-refractivity contribution in [2.45, 2.75) is 25.8 Å². The van der Waals surface area contributed by atoms with E-state index in [4.69, 9.17) is 9.47 Å². The van der Waals surface area contributed by atoms with Crippen LogP contribution < -0.4 is 0 Å². The molecule has 2 rings (SSSR count). The summed E-state index contributed by atoms with van der Waals surface area (Å²) in [7, 11) is 1.31. The van der Waals surface area contributed by atoms with Crippen LogP contribution in [0.25, 0.3) is 0 Å². The molecular formula is C14H22N2O5. The van der Waals surface area contributed by atoms with Crippen molar-refractivity contribution in [2.24, 2.45) is 5.92 Å². The van der Waals surface area contributed by atoms with Crippen molar-refractivity contribution in [3.05, 3.63) is 0 Å². The number of ether oxygens (including phenoxy) is 2. The quantitative estimate of drug-likeness (QED) is 0.651. The fraction of sp³-hybridized carbons (Fsp3) is 0.786. The highest BCUT2D eigenvalue weighted by Gasteiger charge is 2.37. The zero-order valence-corrected chi connectivity index (χ0v) is 12.5. The summed E-state index contributed by atoms with van der Waals surface area (Å²) in [5.41, 5.74) is 0. The van der Waals surface area contributed by atoms with Crippen LogP contribution in [0, 0.1) is 5.92 Å². The van der Waals surface area contributed by atoms with Crippen LogP contribution in [0.1, 0.15) is 19.8 Å². The van der Waals surface area contributed by atoms with Crippen LogP contribution in [0.2, 0.25) is 0 Å². The van der Waals surface area contributed by atoms with Crippen molar-refractivity contribution in [2.75, 3.05) is 40.0 Å². The molecule has 7 heteroatoms. The SMILES string of the molecule is COC(=O)C1COCCN1C(=O)C1CCN(C(C)=O)CC1. The maximum atomic E-state index is 12.6. The molecule has 1 atom stereocenters. The molecule has 21 heavy (non-hydrogen) atoms. The van der Waals surface area contributed by atoms with Gasteiger partial charge in [-0.25, -0.2) is 4.79 Å². The minimum absolute atomic E-state index is 0.0306. The zero-order chi connectivity index (χ0) is 15.4. The first-order valence-corrected chi connectivity index (χ1v) is 7.26. The van der Waals surface area contributed by atoms with E-state index < -0.39 is 12.0 Å². The molecule has 0 N–H and O–H groups in total. The standard InChI is InChI=1S/C14H22N2O5/c1-10(17)15-5-3-11(4-6-15)13(18)16-7-8-21-9-12(16)14(19)20-2/h11-12H,3-9H2,1-2H3. The minimum Gasteiger partial charge on any atom is -0.467 e. The van der Waals surface area contributed by atoms with E-state index in [0.717, 1.165) is 0 Å². The molecule has 0 aromatic carbocycles. The summed E-state index contributed by atoms with van der Waals surface area (Å²) in [6.07, 6.45) is 1.29. The molecule has 2 aliphatic rings. The van der Waals surface area contributed by atoms with E-state index in [1.54, 1.807) is 9.80 Å². The van der Waals surface area contributed by atoms with Gasteiger partial charge < -0.3 is 19.3 Å². The molecule has 2 heterocycles. The molecule has 0 radical (unpaired) electrons. The van der Waals surface area contributed by atoms with Crippen LogP contribution in [0.3, 0.4) is 0 Å². The number of methoxy groups -OCH3 is 1. The first-order chi connectivity index (χ1) is 10.0. The molecule has 2 amide bonds. The van der Waals surface area contributed by atoms with E-state index >= 15 is 0 Å². The third-order valence-corrected chi connectivity index (χ3v) is 4.17. The van der Waals surface area contributed by atoms with Gasteiger partial charge in [0.15, 0.2) is 6.04 Å². The van der Waals surface area contributed by atoms with Crippen molar-refractivity contribution in [1.82, 2.24) is 9.80 Å². The number of rotatable bonds is 2. The predicted octanol–water partition coefficient (Wildman–Crippen LogP) is -0.355. The lowest BCUT2D eigenvalue weighted by Gasteiger charge is -2.38. The lowest BCUT2D eigenvalue weighted by Crippen LogP contribution is -2.55. The van der Waals surface area contributed by atoms with Crippen LogP contribution in [0.4, 0.5) is 0 Å². The Morgan fingerprint density at radius 2 is 1.81 bits per heavy atom.